The van der Waals surface area contributed by atoms with E-state index in [4.69, 9.17) is 4.42 Å². The predicted molar refractivity (Wildman–Crippen MR) is 248 cm³/mol. The molecule has 59 heavy (non-hydrogen) atoms. The van der Waals surface area contributed by atoms with E-state index in [-0.39, 0.29) is 5.41 Å². The number of hydrogen-bond donors (Lipinski definition) is 0. The quantitative estimate of drug-likeness (QED) is 0.157. The second kappa shape index (κ2) is 12.8. The van der Waals surface area contributed by atoms with Gasteiger partial charge in [-0.3, -0.25) is 0 Å². The molecule has 0 fully saturated rings. The lowest BCUT2D eigenvalue weighted by Gasteiger charge is -2.30. The van der Waals surface area contributed by atoms with Crippen LogP contribution in [0.3, 0.4) is 0 Å². The van der Waals surface area contributed by atoms with Crippen LogP contribution in [0.4, 0.5) is 17.1 Å². The van der Waals surface area contributed by atoms with Crippen LogP contribution in [0.15, 0.2) is 205 Å². The van der Waals surface area contributed by atoms with Crippen LogP contribution in [-0.2, 0) is 5.41 Å². The summed E-state index contributed by atoms with van der Waals surface area (Å²) in [5.41, 5.74) is 17.6. The third-order valence-electron chi connectivity index (χ3n) is 12.8. The molecule has 11 aromatic rings. The molecule has 0 amide bonds. The lowest BCUT2D eigenvalue weighted by molar-refractivity contribution is 0.660. The molecule has 1 heterocycles. The molecule has 0 saturated carbocycles. The molecule has 0 saturated heterocycles. The van der Waals surface area contributed by atoms with Crippen LogP contribution in [0.5, 0.6) is 0 Å². The van der Waals surface area contributed by atoms with Crippen molar-refractivity contribution in [3.05, 3.63) is 211 Å². The number of benzene rings is 10. The van der Waals surface area contributed by atoms with Gasteiger partial charge in [-0.2, -0.15) is 0 Å². The molecule has 0 radical (unpaired) electrons. The first-order valence-electron chi connectivity index (χ1n) is 20.5. The molecule has 278 valence electrons. The van der Waals surface area contributed by atoms with Gasteiger partial charge < -0.3 is 9.32 Å². The minimum absolute atomic E-state index is 0.202. The van der Waals surface area contributed by atoms with Crippen molar-refractivity contribution in [3.63, 3.8) is 0 Å². The molecule has 0 aliphatic heterocycles. The van der Waals surface area contributed by atoms with Crippen LogP contribution in [0.1, 0.15) is 25.0 Å². The summed E-state index contributed by atoms with van der Waals surface area (Å²) < 4.78 is 6.56. The van der Waals surface area contributed by atoms with E-state index in [0.717, 1.165) is 33.8 Å². The molecular weight excluding hydrogens is 715 g/mol. The minimum atomic E-state index is -0.202. The van der Waals surface area contributed by atoms with Gasteiger partial charge in [0.25, 0.3) is 0 Å². The van der Waals surface area contributed by atoms with Crippen molar-refractivity contribution in [1.29, 1.82) is 0 Å². The molecule has 2 nitrogen and oxygen atoms in total. The monoisotopic (exact) mass is 753 g/mol. The molecule has 0 bridgehead atoms. The number of furan rings is 1. The van der Waals surface area contributed by atoms with E-state index in [1.54, 1.807) is 0 Å². The van der Waals surface area contributed by atoms with Gasteiger partial charge in [0.1, 0.15) is 11.2 Å². The lowest BCUT2D eigenvalue weighted by Crippen LogP contribution is -2.17. The Hall–Kier alpha value is -7.42. The molecule has 1 aliphatic carbocycles. The maximum Gasteiger partial charge on any atom is 0.136 e. The lowest BCUT2D eigenvalue weighted by atomic mass is 9.81. The maximum absolute atomic E-state index is 6.56. The number of nitrogens with zero attached hydrogens (tertiary/aromatic N) is 1. The van der Waals surface area contributed by atoms with Crippen molar-refractivity contribution >= 4 is 60.5 Å². The molecule has 2 heteroatoms. The highest BCUT2D eigenvalue weighted by atomic mass is 16.3. The first-order chi connectivity index (χ1) is 29.0. The zero-order valence-electron chi connectivity index (χ0n) is 32.9. The van der Waals surface area contributed by atoms with E-state index in [2.05, 4.69) is 219 Å². The molecule has 0 N–H and O–H groups in total. The van der Waals surface area contributed by atoms with Gasteiger partial charge in [-0.15, -0.1) is 0 Å². The highest BCUT2D eigenvalue weighted by Gasteiger charge is 2.37. The Bertz CT molecular complexity index is 3390. The van der Waals surface area contributed by atoms with Gasteiger partial charge in [0.2, 0.25) is 0 Å². The van der Waals surface area contributed by atoms with Gasteiger partial charge >= 0.3 is 0 Å². The number of fused-ring (bicyclic) bond motifs is 6. The van der Waals surface area contributed by atoms with E-state index in [1.165, 1.54) is 82.4 Å². The Labute approximate surface area is 343 Å². The van der Waals surface area contributed by atoms with E-state index in [1.807, 2.05) is 0 Å². The Kier molecular flexibility index (Phi) is 7.31. The van der Waals surface area contributed by atoms with Gasteiger partial charge in [-0.05, 0) is 115 Å². The third kappa shape index (κ3) is 5.00. The van der Waals surface area contributed by atoms with Crippen LogP contribution in [0, 0.1) is 0 Å². The van der Waals surface area contributed by atoms with Crippen molar-refractivity contribution in [3.8, 4) is 44.5 Å². The van der Waals surface area contributed by atoms with Crippen molar-refractivity contribution in [1.82, 2.24) is 0 Å². The van der Waals surface area contributed by atoms with Crippen LogP contribution < -0.4 is 4.90 Å². The largest absolute Gasteiger partial charge is 0.456 e. The summed E-state index contributed by atoms with van der Waals surface area (Å²) in [6, 6.07) is 73.1. The molecular formula is C57H39NO. The summed E-state index contributed by atoms with van der Waals surface area (Å²) in [5, 5.41) is 7.30. The molecule has 10 aromatic carbocycles. The normalized spacial score (nSPS) is 13.1. The molecule has 0 spiro atoms. The van der Waals surface area contributed by atoms with Crippen molar-refractivity contribution in [2.75, 3.05) is 4.90 Å². The zero-order chi connectivity index (χ0) is 39.2. The van der Waals surface area contributed by atoms with Crippen LogP contribution in [0.2, 0.25) is 0 Å². The van der Waals surface area contributed by atoms with E-state index in [9.17, 15) is 0 Å². The molecule has 1 aromatic heterocycles. The van der Waals surface area contributed by atoms with E-state index < -0.39 is 0 Å². The molecule has 0 atom stereocenters. The smallest absolute Gasteiger partial charge is 0.136 e. The Morgan fingerprint density at radius 2 is 0.966 bits per heavy atom. The zero-order valence-corrected chi connectivity index (χ0v) is 32.9. The summed E-state index contributed by atoms with van der Waals surface area (Å²) in [4.78, 5) is 2.46. The topological polar surface area (TPSA) is 16.4 Å². The number of hydrogen-bond acceptors (Lipinski definition) is 2. The standard InChI is InChI=1S/C57H39NO/c1-57(2)48-24-13-22-41(38-17-7-4-8-18-38)53(48)47-32-31-40(35-49(47)57)58(39-29-27-37(28-30-39)36-15-5-3-6-16-36)50-25-12-11-20-43(50)46-33-34-52-56-54(46)44-21-10-9-19-42(44)45-23-14-26-51(59-52)55(45)56/h3-35H,1-2H3. The SMILES string of the molecule is CC1(C)c2cc(N(c3ccc(-c4ccccc4)cc3)c3ccccc3-c3ccc4oc5cccc6c7ccccc7c3c4c56)ccc2-c2c(-c3ccccc3)cccc21. The van der Waals surface area contributed by atoms with Crippen LogP contribution in [-0.4, -0.2) is 0 Å². The third-order valence-corrected chi connectivity index (χ3v) is 12.8. The maximum atomic E-state index is 6.56. The number of rotatable bonds is 6. The Morgan fingerprint density at radius 1 is 0.373 bits per heavy atom. The summed E-state index contributed by atoms with van der Waals surface area (Å²) in [6.07, 6.45) is 0. The average molecular weight is 754 g/mol. The van der Waals surface area contributed by atoms with Gasteiger partial charge in [0.15, 0.2) is 0 Å². The minimum Gasteiger partial charge on any atom is -0.456 e. The fourth-order valence-electron chi connectivity index (χ4n) is 10.1. The first-order valence-corrected chi connectivity index (χ1v) is 20.5. The number of anilines is 3. The fraction of sp³-hybridized carbons (Fsp3) is 0.0526. The molecule has 12 rings (SSSR count). The van der Waals surface area contributed by atoms with Gasteiger partial charge in [-0.25, -0.2) is 0 Å². The van der Waals surface area contributed by atoms with Crippen LogP contribution in [0.25, 0.3) is 88.0 Å². The second-order valence-corrected chi connectivity index (χ2v) is 16.4. The van der Waals surface area contributed by atoms with Crippen molar-refractivity contribution in [2.24, 2.45) is 0 Å². The first kappa shape index (κ1) is 33.7. The van der Waals surface area contributed by atoms with E-state index in [0.29, 0.717) is 0 Å². The highest BCUT2D eigenvalue weighted by molar-refractivity contribution is 6.35. The fourth-order valence-corrected chi connectivity index (χ4v) is 10.1. The summed E-state index contributed by atoms with van der Waals surface area (Å²) >= 11 is 0. The highest BCUT2D eigenvalue weighted by Crippen LogP contribution is 2.55. The van der Waals surface area contributed by atoms with Crippen molar-refractivity contribution < 1.29 is 4.42 Å². The summed E-state index contributed by atoms with van der Waals surface area (Å²) in [7, 11) is 0. The Balaban J connectivity index is 1.10. The predicted octanol–water partition coefficient (Wildman–Crippen LogP) is 16.1. The molecule has 1 aliphatic rings. The Morgan fingerprint density at radius 3 is 1.78 bits per heavy atom. The van der Waals surface area contributed by atoms with Crippen molar-refractivity contribution in [2.45, 2.75) is 19.3 Å². The van der Waals surface area contributed by atoms with Gasteiger partial charge in [0.05, 0.1) is 5.69 Å². The van der Waals surface area contributed by atoms with Crippen LogP contribution >= 0.6 is 0 Å². The summed E-state index contributed by atoms with van der Waals surface area (Å²) in [6.45, 7) is 4.76. The average Bonchev–Trinajstić information content (AvgIpc) is 3.79. The second-order valence-electron chi connectivity index (χ2n) is 16.4. The van der Waals surface area contributed by atoms with Gasteiger partial charge in [0, 0.05) is 38.5 Å². The van der Waals surface area contributed by atoms with E-state index >= 15 is 0 Å². The molecule has 0 unspecified atom stereocenters. The summed E-state index contributed by atoms with van der Waals surface area (Å²) in [5.74, 6) is 0. The van der Waals surface area contributed by atoms with Gasteiger partial charge in [-0.1, -0.05) is 166 Å². The number of para-hydroxylation sites is 1.